The minimum atomic E-state index is -4.48. The molecular weight excluding hydrogens is 387 g/mol. The third-order valence-electron chi connectivity index (χ3n) is 4.81. The maximum absolute atomic E-state index is 12.9. The summed E-state index contributed by atoms with van der Waals surface area (Å²) < 4.78 is 43.9. The minimum Gasteiger partial charge on any atom is -0.467 e. The van der Waals surface area contributed by atoms with E-state index in [1.54, 1.807) is 30.3 Å². The number of aromatic nitrogens is 2. The first-order chi connectivity index (χ1) is 13.8. The van der Waals surface area contributed by atoms with Gasteiger partial charge in [-0.3, -0.25) is 9.69 Å². The number of hydrogen-bond acceptors (Lipinski definition) is 6. The molecule has 1 amide bonds. The Morgan fingerprint density at radius 2 is 2.17 bits per heavy atom. The van der Waals surface area contributed by atoms with Crippen molar-refractivity contribution in [2.24, 2.45) is 0 Å². The largest absolute Gasteiger partial charge is 0.467 e. The van der Waals surface area contributed by atoms with E-state index in [1.165, 1.54) is 6.26 Å². The van der Waals surface area contributed by atoms with Crippen LogP contribution in [0.25, 0.3) is 0 Å². The number of nitrogens with zero attached hydrogens (tertiary/aromatic N) is 5. The third-order valence-corrected chi connectivity index (χ3v) is 4.81. The Morgan fingerprint density at radius 1 is 1.34 bits per heavy atom. The molecule has 0 N–H and O–H groups in total. The molecule has 29 heavy (non-hydrogen) atoms. The van der Waals surface area contributed by atoms with Crippen LogP contribution in [0.4, 0.5) is 19.0 Å². The number of carbonyl (C=O) groups is 1. The highest BCUT2D eigenvalue weighted by Gasteiger charge is 2.34. The van der Waals surface area contributed by atoms with E-state index in [1.807, 2.05) is 12.1 Å². The molecule has 0 bridgehead atoms. The fourth-order valence-corrected chi connectivity index (χ4v) is 3.57. The molecule has 2 aromatic rings. The Morgan fingerprint density at radius 3 is 2.83 bits per heavy atom. The van der Waals surface area contributed by atoms with Crippen molar-refractivity contribution in [1.29, 1.82) is 0 Å². The summed E-state index contributed by atoms with van der Waals surface area (Å²) in [6.45, 7) is -0.252. The van der Waals surface area contributed by atoms with Crippen molar-refractivity contribution in [2.45, 2.75) is 31.6 Å². The molecule has 158 valence electrons. The SMILES string of the molecule is CN(CC(=O)N(Cc1ccco1)CC(F)(F)F)CC1CCCN1c1cccnn1. The van der Waals surface area contributed by atoms with Crippen LogP contribution in [0, 0.1) is 0 Å². The van der Waals surface area contributed by atoms with Gasteiger partial charge in [-0.1, -0.05) is 0 Å². The summed E-state index contributed by atoms with van der Waals surface area (Å²) in [6, 6.07) is 6.96. The van der Waals surface area contributed by atoms with E-state index in [9.17, 15) is 18.0 Å². The van der Waals surface area contributed by atoms with E-state index < -0.39 is 18.6 Å². The monoisotopic (exact) mass is 411 g/mol. The first-order valence-electron chi connectivity index (χ1n) is 9.41. The predicted molar refractivity (Wildman–Crippen MR) is 100 cm³/mol. The van der Waals surface area contributed by atoms with Crippen LogP contribution in [-0.2, 0) is 11.3 Å². The zero-order valence-electron chi connectivity index (χ0n) is 16.2. The van der Waals surface area contributed by atoms with Gasteiger partial charge in [-0.2, -0.15) is 18.3 Å². The van der Waals surface area contributed by atoms with Crippen molar-refractivity contribution < 1.29 is 22.4 Å². The molecule has 1 aliphatic rings. The number of alkyl halides is 3. The zero-order valence-corrected chi connectivity index (χ0v) is 16.2. The van der Waals surface area contributed by atoms with E-state index >= 15 is 0 Å². The molecule has 0 aromatic carbocycles. The van der Waals surface area contributed by atoms with E-state index in [0.29, 0.717) is 12.3 Å². The summed E-state index contributed by atoms with van der Waals surface area (Å²) in [4.78, 5) is 17.3. The molecule has 7 nitrogen and oxygen atoms in total. The smallest absolute Gasteiger partial charge is 0.406 e. The predicted octanol–water partition coefficient (Wildman–Crippen LogP) is 2.56. The highest BCUT2D eigenvalue weighted by Crippen LogP contribution is 2.24. The summed E-state index contributed by atoms with van der Waals surface area (Å²) in [5.74, 6) is 0.492. The number of hydrogen-bond donors (Lipinski definition) is 0. The van der Waals surface area contributed by atoms with Crippen LogP contribution in [0.3, 0.4) is 0 Å². The molecule has 3 rings (SSSR count). The summed E-state index contributed by atoms with van der Waals surface area (Å²) in [5.41, 5.74) is 0. The Labute approximate surface area is 167 Å². The van der Waals surface area contributed by atoms with Gasteiger partial charge >= 0.3 is 6.18 Å². The first kappa shape index (κ1) is 21.1. The molecule has 2 aromatic heterocycles. The number of furan rings is 1. The second-order valence-corrected chi connectivity index (χ2v) is 7.21. The van der Waals surface area contributed by atoms with Gasteiger partial charge in [0.2, 0.25) is 5.91 Å². The van der Waals surface area contributed by atoms with Crippen LogP contribution in [0.2, 0.25) is 0 Å². The summed E-state index contributed by atoms with van der Waals surface area (Å²) >= 11 is 0. The van der Waals surface area contributed by atoms with E-state index in [0.717, 1.165) is 30.1 Å². The second-order valence-electron chi connectivity index (χ2n) is 7.21. The van der Waals surface area contributed by atoms with Crippen LogP contribution in [0.5, 0.6) is 0 Å². The average molecular weight is 411 g/mol. The van der Waals surface area contributed by atoms with Gasteiger partial charge < -0.3 is 14.2 Å². The van der Waals surface area contributed by atoms with E-state index in [4.69, 9.17) is 4.42 Å². The first-order valence-corrected chi connectivity index (χ1v) is 9.41. The molecule has 0 spiro atoms. The lowest BCUT2D eigenvalue weighted by Gasteiger charge is -2.30. The molecule has 0 aliphatic carbocycles. The van der Waals surface area contributed by atoms with Gasteiger partial charge in [0, 0.05) is 25.3 Å². The van der Waals surface area contributed by atoms with Gasteiger partial charge in [-0.25, -0.2) is 0 Å². The van der Waals surface area contributed by atoms with Crippen LogP contribution in [-0.4, -0.2) is 71.3 Å². The Kier molecular flexibility index (Phi) is 6.73. The van der Waals surface area contributed by atoms with Crippen molar-refractivity contribution in [3.8, 4) is 0 Å². The van der Waals surface area contributed by atoms with E-state index in [-0.39, 0.29) is 19.1 Å². The number of amides is 1. The molecule has 0 radical (unpaired) electrons. The van der Waals surface area contributed by atoms with Gasteiger partial charge in [-0.05, 0) is 44.2 Å². The Balaban J connectivity index is 1.59. The van der Waals surface area contributed by atoms with Gasteiger partial charge in [0.1, 0.15) is 12.3 Å². The fraction of sp³-hybridized carbons (Fsp3) is 0.526. The van der Waals surface area contributed by atoms with Crippen LogP contribution in [0.1, 0.15) is 18.6 Å². The number of halogens is 3. The molecule has 1 atom stereocenters. The van der Waals surface area contributed by atoms with Gasteiger partial charge in [0.15, 0.2) is 5.82 Å². The fourth-order valence-electron chi connectivity index (χ4n) is 3.57. The lowest BCUT2D eigenvalue weighted by Crippen LogP contribution is -2.46. The maximum atomic E-state index is 12.9. The summed E-state index contributed by atoms with van der Waals surface area (Å²) in [7, 11) is 1.74. The number of rotatable bonds is 8. The van der Waals surface area contributed by atoms with Crippen molar-refractivity contribution in [1.82, 2.24) is 20.0 Å². The van der Waals surface area contributed by atoms with Gasteiger partial charge in [0.05, 0.1) is 19.4 Å². The topological polar surface area (TPSA) is 65.7 Å². The number of anilines is 1. The van der Waals surface area contributed by atoms with Crippen LogP contribution < -0.4 is 4.90 Å². The van der Waals surface area contributed by atoms with Crippen molar-refractivity contribution in [3.05, 3.63) is 42.5 Å². The molecule has 3 heterocycles. The van der Waals surface area contributed by atoms with Gasteiger partial charge in [0.25, 0.3) is 0 Å². The highest BCUT2D eigenvalue weighted by molar-refractivity contribution is 5.78. The zero-order chi connectivity index (χ0) is 20.9. The molecule has 1 aliphatic heterocycles. The number of carbonyl (C=O) groups excluding carboxylic acids is 1. The van der Waals surface area contributed by atoms with Crippen molar-refractivity contribution in [3.63, 3.8) is 0 Å². The molecule has 10 heteroatoms. The normalized spacial score (nSPS) is 17.1. The minimum absolute atomic E-state index is 0.110. The molecule has 1 fully saturated rings. The lowest BCUT2D eigenvalue weighted by molar-refractivity contribution is -0.163. The molecular formula is C19H24F3N5O2. The summed E-state index contributed by atoms with van der Waals surface area (Å²) in [5, 5.41) is 8.04. The highest BCUT2D eigenvalue weighted by atomic mass is 19.4. The van der Waals surface area contributed by atoms with Crippen molar-refractivity contribution >= 4 is 11.7 Å². The van der Waals surface area contributed by atoms with E-state index in [2.05, 4.69) is 15.1 Å². The second kappa shape index (κ2) is 9.25. The van der Waals surface area contributed by atoms with Crippen molar-refractivity contribution in [2.75, 3.05) is 38.1 Å². The third kappa shape index (κ3) is 6.18. The standard InChI is InChI=1S/C19H24F3N5O2/c1-25(11-15-5-3-9-27(15)17-7-2-8-23-24-17)13-18(28)26(14-19(20,21)22)12-16-6-4-10-29-16/h2,4,6-8,10,15H,3,5,9,11-14H2,1H3. The molecule has 1 saturated heterocycles. The molecule has 0 saturated carbocycles. The van der Waals surface area contributed by atoms with Crippen LogP contribution in [0.15, 0.2) is 41.1 Å². The quantitative estimate of drug-likeness (QED) is 0.665. The summed E-state index contributed by atoms with van der Waals surface area (Å²) in [6.07, 6.45) is 0.414. The maximum Gasteiger partial charge on any atom is 0.406 e. The van der Waals surface area contributed by atoms with Gasteiger partial charge in [-0.15, -0.1) is 5.10 Å². The average Bonchev–Trinajstić information content (AvgIpc) is 3.32. The lowest BCUT2D eigenvalue weighted by atomic mass is 10.2. The Bertz CT molecular complexity index is 770. The molecule has 1 unspecified atom stereocenters. The number of likely N-dealkylation sites (N-methyl/N-ethyl adjacent to an activating group) is 1. The Hall–Kier alpha value is -2.62. The van der Waals surface area contributed by atoms with Crippen LogP contribution >= 0.6 is 0 Å².